The molecule has 0 aromatic heterocycles. The van der Waals surface area contributed by atoms with Gasteiger partial charge in [0.25, 0.3) is 0 Å². The summed E-state index contributed by atoms with van der Waals surface area (Å²) in [4.78, 5) is 2.54. The summed E-state index contributed by atoms with van der Waals surface area (Å²) in [6, 6.07) is 0.892. The van der Waals surface area contributed by atoms with Crippen molar-refractivity contribution < 1.29 is 5.11 Å². The van der Waals surface area contributed by atoms with Gasteiger partial charge in [-0.05, 0) is 39.3 Å². The fourth-order valence-corrected chi connectivity index (χ4v) is 3.07. The van der Waals surface area contributed by atoms with Gasteiger partial charge < -0.3 is 10.0 Å². The minimum absolute atomic E-state index is 0.371. The lowest BCUT2D eigenvalue weighted by Gasteiger charge is -2.18. The summed E-state index contributed by atoms with van der Waals surface area (Å²) in [7, 11) is 2.28. The van der Waals surface area contributed by atoms with Crippen molar-refractivity contribution in [3.05, 3.63) is 0 Å². The van der Waals surface area contributed by atoms with Crippen LogP contribution in [0.4, 0.5) is 0 Å². The summed E-state index contributed by atoms with van der Waals surface area (Å²) in [6.07, 6.45) is 16.3. The highest BCUT2D eigenvalue weighted by molar-refractivity contribution is 4.75. The summed E-state index contributed by atoms with van der Waals surface area (Å²) in [6.45, 7) is 1.69. The molecule has 2 nitrogen and oxygen atoms in total. The molecule has 1 fully saturated rings. The maximum absolute atomic E-state index is 8.67. The van der Waals surface area contributed by atoms with Crippen molar-refractivity contribution in [2.75, 3.05) is 20.2 Å². The Morgan fingerprint density at radius 2 is 1.44 bits per heavy atom. The van der Waals surface area contributed by atoms with E-state index in [2.05, 4.69) is 11.9 Å². The Labute approximate surface area is 114 Å². The zero-order valence-corrected chi connectivity index (χ0v) is 12.4. The van der Waals surface area contributed by atoms with Crippen LogP contribution in [0.2, 0.25) is 0 Å². The maximum Gasteiger partial charge on any atom is 0.0431 e. The largest absolute Gasteiger partial charge is 0.396 e. The lowest BCUT2D eigenvalue weighted by Crippen LogP contribution is -2.24. The number of hydrogen-bond acceptors (Lipinski definition) is 2. The summed E-state index contributed by atoms with van der Waals surface area (Å²) in [5.74, 6) is 0. The normalized spacial score (nSPS) is 20.7. The first-order chi connectivity index (χ1) is 8.84. The van der Waals surface area contributed by atoms with Gasteiger partial charge in [-0.2, -0.15) is 0 Å². The number of unbranched alkanes of at least 4 members (excludes halogenated alkanes) is 8. The number of hydrogen-bond donors (Lipinski definition) is 1. The Morgan fingerprint density at radius 3 is 1.94 bits per heavy atom. The van der Waals surface area contributed by atoms with Crippen LogP contribution < -0.4 is 0 Å². The van der Waals surface area contributed by atoms with Crippen LogP contribution in [0.5, 0.6) is 0 Å². The fraction of sp³-hybridized carbons (Fsp3) is 1.00. The Kier molecular flexibility index (Phi) is 9.59. The Bertz CT molecular complexity index is 184. The van der Waals surface area contributed by atoms with Gasteiger partial charge in [-0.15, -0.1) is 0 Å². The SMILES string of the molecule is CN1CCC[C@@H]1CCCCCCCCCCCO. The van der Waals surface area contributed by atoms with Crippen LogP contribution in [0.15, 0.2) is 0 Å². The molecule has 1 aliphatic rings. The van der Waals surface area contributed by atoms with Crippen molar-refractivity contribution in [3.8, 4) is 0 Å². The van der Waals surface area contributed by atoms with Gasteiger partial charge in [0.2, 0.25) is 0 Å². The number of aliphatic hydroxyl groups is 1. The summed E-state index contributed by atoms with van der Waals surface area (Å²) in [5, 5.41) is 8.67. The Morgan fingerprint density at radius 1 is 0.889 bits per heavy atom. The Balaban J connectivity index is 1.76. The third-order valence-electron chi connectivity index (χ3n) is 4.37. The van der Waals surface area contributed by atoms with E-state index < -0.39 is 0 Å². The van der Waals surface area contributed by atoms with Crippen molar-refractivity contribution in [1.82, 2.24) is 4.90 Å². The highest BCUT2D eigenvalue weighted by Gasteiger charge is 2.19. The van der Waals surface area contributed by atoms with Crippen LogP contribution in [0.1, 0.15) is 77.0 Å². The van der Waals surface area contributed by atoms with Crippen LogP contribution >= 0.6 is 0 Å². The molecule has 0 aromatic rings. The van der Waals surface area contributed by atoms with Gasteiger partial charge in [0.1, 0.15) is 0 Å². The van der Waals surface area contributed by atoms with Crippen molar-refractivity contribution in [1.29, 1.82) is 0 Å². The molecule has 0 bridgehead atoms. The van der Waals surface area contributed by atoms with Crippen molar-refractivity contribution in [3.63, 3.8) is 0 Å². The first-order valence-corrected chi connectivity index (χ1v) is 8.15. The second-order valence-electron chi connectivity index (χ2n) is 5.97. The van der Waals surface area contributed by atoms with Crippen molar-refractivity contribution in [2.24, 2.45) is 0 Å². The molecule has 0 radical (unpaired) electrons. The van der Waals surface area contributed by atoms with Gasteiger partial charge in [-0.25, -0.2) is 0 Å². The van der Waals surface area contributed by atoms with Gasteiger partial charge in [-0.1, -0.05) is 51.4 Å². The molecule has 1 heterocycles. The minimum Gasteiger partial charge on any atom is -0.396 e. The van der Waals surface area contributed by atoms with Gasteiger partial charge in [0.05, 0.1) is 0 Å². The molecule has 0 unspecified atom stereocenters. The van der Waals surface area contributed by atoms with E-state index in [0.717, 1.165) is 12.5 Å². The van der Waals surface area contributed by atoms with Gasteiger partial charge in [0, 0.05) is 12.6 Å². The third kappa shape index (κ3) is 7.38. The van der Waals surface area contributed by atoms with Gasteiger partial charge in [-0.3, -0.25) is 0 Å². The van der Waals surface area contributed by atoms with E-state index in [0.29, 0.717) is 6.61 Å². The monoisotopic (exact) mass is 255 g/mol. The standard InChI is InChI=1S/C16H33NO/c1-17-14-11-13-16(17)12-9-7-5-3-2-4-6-8-10-15-18/h16,18H,2-15H2,1H3/t16-/m0/s1. The highest BCUT2D eigenvalue weighted by atomic mass is 16.2. The molecule has 0 aromatic carbocycles. The fourth-order valence-electron chi connectivity index (χ4n) is 3.07. The smallest absolute Gasteiger partial charge is 0.0431 e. The molecule has 0 spiro atoms. The van der Waals surface area contributed by atoms with Crippen LogP contribution in [-0.2, 0) is 0 Å². The number of rotatable bonds is 11. The molecule has 1 rings (SSSR count). The van der Waals surface area contributed by atoms with E-state index in [1.807, 2.05) is 0 Å². The van der Waals surface area contributed by atoms with Crippen LogP contribution in [0.3, 0.4) is 0 Å². The lowest BCUT2D eigenvalue weighted by molar-refractivity contribution is 0.282. The predicted octanol–water partition coefficient (Wildman–Crippen LogP) is 3.97. The minimum atomic E-state index is 0.371. The number of likely N-dealkylation sites (tertiary alicyclic amines) is 1. The van der Waals surface area contributed by atoms with E-state index in [9.17, 15) is 0 Å². The van der Waals surface area contributed by atoms with E-state index in [1.165, 1.54) is 77.2 Å². The van der Waals surface area contributed by atoms with Crippen LogP contribution in [-0.4, -0.2) is 36.2 Å². The summed E-state index contributed by atoms with van der Waals surface area (Å²) >= 11 is 0. The van der Waals surface area contributed by atoms with E-state index in [1.54, 1.807) is 0 Å². The molecular formula is C16H33NO. The molecule has 1 saturated heterocycles. The molecule has 108 valence electrons. The molecule has 2 heteroatoms. The molecule has 0 aliphatic carbocycles. The van der Waals surface area contributed by atoms with E-state index >= 15 is 0 Å². The summed E-state index contributed by atoms with van der Waals surface area (Å²) in [5.41, 5.74) is 0. The molecule has 1 aliphatic heterocycles. The number of nitrogens with zero attached hydrogens (tertiary/aromatic N) is 1. The zero-order chi connectivity index (χ0) is 13.1. The average molecular weight is 255 g/mol. The van der Waals surface area contributed by atoms with Crippen LogP contribution in [0, 0.1) is 0 Å². The topological polar surface area (TPSA) is 23.5 Å². The Hall–Kier alpha value is -0.0800. The van der Waals surface area contributed by atoms with Crippen LogP contribution in [0.25, 0.3) is 0 Å². The van der Waals surface area contributed by atoms with E-state index in [4.69, 9.17) is 5.11 Å². The third-order valence-corrected chi connectivity index (χ3v) is 4.37. The lowest BCUT2D eigenvalue weighted by atomic mass is 10.0. The van der Waals surface area contributed by atoms with Crippen molar-refractivity contribution in [2.45, 2.75) is 83.1 Å². The van der Waals surface area contributed by atoms with Crippen molar-refractivity contribution >= 4 is 0 Å². The highest BCUT2D eigenvalue weighted by Crippen LogP contribution is 2.20. The average Bonchev–Trinajstić information content (AvgIpc) is 2.77. The van der Waals surface area contributed by atoms with E-state index in [-0.39, 0.29) is 0 Å². The predicted molar refractivity (Wildman–Crippen MR) is 78.9 cm³/mol. The molecule has 1 atom stereocenters. The molecule has 18 heavy (non-hydrogen) atoms. The zero-order valence-electron chi connectivity index (χ0n) is 12.4. The number of aliphatic hydroxyl groups excluding tert-OH is 1. The maximum atomic E-state index is 8.67. The first-order valence-electron chi connectivity index (χ1n) is 8.15. The molecular weight excluding hydrogens is 222 g/mol. The molecule has 1 N–H and O–H groups in total. The van der Waals surface area contributed by atoms with Gasteiger partial charge in [0.15, 0.2) is 0 Å². The molecule has 0 amide bonds. The molecule has 0 saturated carbocycles. The first kappa shape index (κ1) is 16.0. The van der Waals surface area contributed by atoms with Gasteiger partial charge >= 0.3 is 0 Å². The second-order valence-corrected chi connectivity index (χ2v) is 5.97. The summed E-state index contributed by atoms with van der Waals surface area (Å²) < 4.78 is 0. The second kappa shape index (κ2) is 10.8. The quantitative estimate of drug-likeness (QED) is 0.565.